The van der Waals surface area contributed by atoms with E-state index in [9.17, 15) is 15.0 Å². The van der Waals surface area contributed by atoms with Crippen molar-refractivity contribution in [3.8, 4) is 0 Å². The van der Waals surface area contributed by atoms with Gasteiger partial charge in [0.05, 0.1) is 19.8 Å². The van der Waals surface area contributed by atoms with E-state index in [0.717, 1.165) is 11.1 Å². The molecule has 0 amide bonds. The van der Waals surface area contributed by atoms with Gasteiger partial charge in [0.25, 0.3) is 0 Å². The van der Waals surface area contributed by atoms with Crippen LogP contribution in [0.2, 0.25) is 0 Å². The Bertz CT molecular complexity index is 633. The van der Waals surface area contributed by atoms with Crippen LogP contribution in [0, 0.1) is 0 Å². The highest BCUT2D eigenvalue weighted by molar-refractivity contribution is 5.57. The Morgan fingerprint density at radius 2 is 1.35 bits per heavy atom. The minimum atomic E-state index is -1.48. The summed E-state index contributed by atoms with van der Waals surface area (Å²) in [4.78, 5) is 11.5. The van der Waals surface area contributed by atoms with Gasteiger partial charge in [-0.05, 0) is 11.1 Å². The normalized spacial score (nSPS) is 15.8. The van der Waals surface area contributed by atoms with E-state index in [4.69, 9.17) is 14.6 Å². The zero-order chi connectivity index (χ0) is 18.8. The van der Waals surface area contributed by atoms with Crippen molar-refractivity contribution < 1.29 is 29.6 Å². The van der Waals surface area contributed by atoms with Crippen LogP contribution >= 0.6 is 0 Å². The van der Waals surface area contributed by atoms with Crippen LogP contribution in [0.1, 0.15) is 11.1 Å². The number of hydrogen-bond acceptors (Lipinski definition) is 6. The Morgan fingerprint density at radius 1 is 0.846 bits per heavy atom. The SMILES string of the molecule is O=CC(OCc1ccccc1)C(OCc1ccccc1)C(O)C(O)CO. The molecule has 0 saturated heterocycles. The van der Waals surface area contributed by atoms with Crippen molar-refractivity contribution in [3.05, 3.63) is 71.8 Å². The number of aliphatic hydroxyl groups is 3. The number of carbonyl (C=O) groups is 1. The van der Waals surface area contributed by atoms with Gasteiger partial charge >= 0.3 is 0 Å². The summed E-state index contributed by atoms with van der Waals surface area (Å²) >= 11 is 0. The molecule has 2 rings (SSSR count). The van der Waals surface area contributed by atoms with Gasteiger partial charge in [-0.25, -0.2) is 0 Å². The van der Waals surface area contributed by atoms with Gasteiger partial charge < -0.3 is 29.6 Å². The summed E-state index contributed by atoms with van der Waals surface area (Å²) in [5, 5.41) is 29.2. The third kappa shape index (κ3) is 6.01. The maximum absolute atomic E-state index is 11.5. The Balaban J connectivity index is 2.07. The number of aldehydes is 1. The van der Waals surface area contributed by atoms with Crippen LogP contribution in [0.25, 0.3) is 0 Å². The Morgan fingerprint density at radius 3 is 1.81 bits per heavy atom. The zero-order valence-corrected chi connectivity index (χ0v) is 14.3. The molecule has 0 aliphatic rings. The van der Waals surface area contributed by atoms with E-state index >= 15 is 0 Å². The van der Waals surface area contributed by atoms with Crippen molar-refractivity contribution in [1.82, 2.24) is 0 Å². The van der Waals surface area contributed by atoms with E-state index < -0.39 is 31.0 Å². The van der Waals surface area contributed by atoms with Crippen LogP contribution in [0.3, 0.4) is 0 Å². The van der Waals surface area contributed by atoms with Crippen molar-refractivity contribution >= 4 is 6.29 Å². The largest absolute Gasteiger partial charge is 0.394 e. The first kappa shape index (κ1) is 20.2. The van der Waals surface area contributed by atoms with Gasteiger partial charge in [0.2, 0.25) is 0 Å². The van der Waals surface area contributed by atoms with Gasteiger partial charge in [0.15, 0.2) is 6.29 Å². The second-order valence-corrected chi connectivity index (χ2v) is 5.90. The average molecular weight is 360 g/mol. The van der Waals surface area contributed by atoms with Crippen molar-refractivity contribution in [2.45, 2.75) is 37.6 Å². The highest BCUT2D eigenvalue weighted by atomic mass is 16.6. The molecule has 2 aromatic rings. The van der Waals surface area contributed by atoms with Crippen LogP contribution in [0.4, 0.5) is 0 Å². The standard InChI is InChI=1S/C20H24O6/c21-11-17(23)19(24)20(26-14-16-9-5-2-6-10-16)18(12-22)25-13-15-7-3-1-4-8-15/h1-10,12,17-21,23-24H,11,13-14H2. The van der Waals surface area contributed by atoms with Crippen LogP contribution in [0.5, 0.6) is 0 Å². The topological polar surface area (TPSA) is 96.2 Å². The number of benzene rings is 2. The predicted molar refractivity (Wildman–Crippen MR) is 95.2 cm³/mol. The maximum Gasteiger partial charge on any atom is 0.151 e. The van der Waals surface area contributed by atoms with Gasteiger partial charge in [0, 0.05) is 0 Å². The lowest BCUT2D eigenvalue weighted by atomic mass is 10.0. The molecule has 4 atom stereocenters. The Hall–Kier alpha value is -2.09. The lowest BCUT2D eigenvalue weighted by Crippen LogP contribution is -2.48. The molecular weight excluding hydrogens is 336 g/mol. The Kier molecular flexibility index (Phi) is 8.40. The third-order valence-corrected chi connectivity index (χ3v) is 3.95. The minimum Gasteiger partial charge on any atom is -0.394 e. The van der Waals surface area contributed by atoms with Crippen LogP contribution in [0.15, 0.2) is 60.7 Å². The molecule has 0 aromatic heterocycles. The summed E-state index contributed by atoms with van der Waals surface area (Å²) in [6.07, 6.45) is -4.62. The van der Waals surface area contributed by atoms with Crippen molar-refractivity contribution in [1.29, 1.82) is 0 Å². The summed E-state index contributed by atoms with van der Waals surface area (Å²) in [5.74, 6) is 0. The van der Waals surface area contributed by atoms with Gasteiger partial charge in [0.1, 0.15) is 24.4 Å². The van der Waals surface area contributed by atoms with E-state index in [1.807, 2.05) is 60.7 Å². The second-order valence-electron chi connectivity index (χ2n) is 5.90. The lowest BCUT2D eigenvalue weighted by molar-refractivity contribution is -0.165. The summed E-state index contributed by atoms with van der Waals surface area (Å²) in [7, 11) is 0. The number of hydrogen-bond donors (Lipinski definition) is 3. The molecule has 0 heterocycles. The minimum absolute atomic E-state index is 0.125. The number of carbonyl (C=O) groups excluding carboxylic acids is 1. The fraction of sp³-hybridized carbons (Fsp3) is 0.350. The van der Waals surface area contributed by atoms with Crippen LogP contribution in [-0.2, 0) is 27.5 Å². The summed E-state index contributed by atoms with van der Waals surface area (Å²) in [6, 6.07) is 18.5. The van der Waals surface area contributed by atoms with E-state index in [-0.39, 0.29) is 13.2 Å². The van der Waals surface area contributed by atoms with E-state index in [1.165, 1.54) is 0 Å². The molecule has 0 saturated carbocycles. The highest BCUT2D eigenvalue weighted by Gasteiger charge is 2.34. The maximum atomic E-state index is 11.5. The lowest BCUT2D eigenvalue weighted by Gasteiger charge is -2.30. The zero-order valence-electron chi connectivity index (χ0n) is 14.3. The monoisotopic (exact) mass is 360 g/mol. The fourth-order valence-electron chi connectivity index (χ4n) is 2.46. The molecule has 0 bridgehead atoms. The van der Waals surface area contributed by atoms with E-state index in [1.54, 1.807) is 0 Å². The van der Waals surface area contributed by atoms with Crippen LogP contribution < -0.4 is 0 Å². The highest BCUT2D eigenvalue weighted by Crippen LogP contribution is 2.16. The molecular formula is C20H24O6. The second kappa shape index (κ2) is 10.8. The summed E-state index contributed by atoms with van der Waals surface area (Å²) in [5.41, 5.74) is 1.70. The van der Waals surface area contributed by atoms with Gasteiger partial charge in [-0.1, -0.05) is 60.7 Å². The van der Waals surface area contributed by atoms with Crippen molar-refractivity contribution in [2.75, 3.05) is 6.61 Å². The first-order valence-corrected chi connectivity index (χ1v) is 8.39. The first-order valence-electron chi connectivity index (χ1n) is 8.39. The predicted octanol–water partition coefficient (Wildman–Crippen LogP) is 1.07. The fourth-order valence-corrected chi connectivity index (χ4v) is 2.46. The molecule has 26 heavy (non-hydrogen) atoms. The first-order chi connectivity index (χ1) is 12.7. The molecule has 3 N–H and O–H groups in total. The van der Waals surface area contributed by atoms with E-state index in [2.05, 4.69) is 0 Å². The number of aliphatic hydroxyl groups excluding tert-OH is 3. The average Bonchev–Trinajstić information content (AvgIpc) is 2.70. The molecule has 0 aliphatic carbocycles. The molecule has 0 aliphatic heterocycles. The van der Waals surface area contributed by atoms with Crippen LogP contribution in [-0.4, -0.2) is 52.6 Å². The van der Waals surface area contributed by atoms with Gasteiger partial charge in [-0.3, -0.25) is 0 Å². The number of rotatable bonds is 11. The molecule has 140 valence electrons. The third-order valence-electron chi connectivity index (χ3n) is 3.95. The molecule has 6 heteroatoms. The molecule has 0 spiro atoms. The van der Waals surface area contributed by atoms with Gasteiger partial charge in [-0.2, -0.15) is 0 Å². The van der Waals surface area contributed by atoms with Crippen molar-refractivity contribution in [3.63, 3.8) is 0 Å². The molecule has 6 nitrogen and oxygen atoms in total. The quantitative estimate of drug-likeness (QED) is 0.519. The number of ether oxygens (including phenoxy) is 2. The van der Waals surface area contributed by atoms with Gasteiger partial charge in [-0.15, -0.1) is 0 Å². The van der Waals surface area contributed by atoms with E-state index in [0.29, 0.717) is 6.29 Å². The molecule has 2 aromatic carbocycles. The molecule has 4 unspecified atom stereocenters. The molecule has 0 radical (unpaired) electrons. The summed E-state index contributed by atoms with van der Waals surface area (Å²) < 4.78 is 11.3. The molecule has 0 fully saturated rings. The summed E-state index contributed by atoms with van der Waals surface area (Å²) in [6.45, 7) is -0.381. The van der Waals surface area contributed by atoms with Crippen molar-refractivity contribution in [2.24, 2.45) is 0 Å². The smallest absolute Gasteiger partial charge is 0.151 e. The Labute approximate surface area is 152 Å².